The van der Waals surface area contributed by atoms with Gasteiger partial charge in [-0.05, 0) is 41.8 Å². The first kappa shape index (κ1) is 11.7. The van der Waals surface area contributed by atoms with Gasteiger partial charge < -0.3 is 5.32 Å². The van der Waals surface area contributed by atoms with Crippen LogP contribution >= 0.6 is 0 Å². The Bertz CT molecular complexity index is 592. The molecule has 0 radical (unpaired) electrons. The van der Waals surface area contributed by atoms with E-state index in [0.717, 1.165) is 30.5 Å². The van der Waals surface area contributed by atoms with E-state index >= 15 is 0 Å². The smallest absolute Gasteiger partial charge is 0.305 e. The molecule has 19 heavy (non-hydrogen) atoms. The van der Waals surface area contributed by atoms with E-state index in [1.807, 2.05) is 24.3 Å². The summed E-state index contributed by atoms with van der Waals surface area (Å²) in [5.74, 6) is 0. The molecular weight excluding hydrogens is 234 g/mol. The molecule has 3 rings (SSSR count). The molecule has 1 saturated carbocycles. The standard InChI is InChI=1S/C16H15N3/c1-17-16(9-2-10-16)19-15-5-3-13(4-6-15)14-7-11-18-12-8-14/h3-8,11-12,19H,2,9-10H2. The Morgan fingerprint density at radius 1 is 1.00 bits per heavy atom. The maximum Gasteiger partial charge on any atom is 0.305 e. The molecule has 0 bridgehead atoms. The highest BCUT2D eigenvalue weighted by molar-refractivity contribution is 5.65. The SMILES string of the molecule is [C-]#[N+]C1(Nc2ccc(-c3ccncc3)cc2)CCC1. The van der Waals surface area contributed by atoms with Gasteiger partial charge in [-0.15, -0.1) is 0 Å². The van der Waals surface area contributed by atoms with E-state index in [1.165, 1.54) is 5.56 Å². The quantitative estimate of drug-likeness (QED) is 0.834. The van der Waals surface area contributed by atoms with Crippen molar-refractivity contribution in [3.05, 3.63) is 60.2 Å². The van der Waals surface area contributed by atoms with E-state index in [0.29, 0.717) is 0 Å². The molecule has 1 aromatic carbocycles. The van der Waals surface area contributed by atoms with Crippen molar-refractivity contribution in [1.29, 1.82) is 0 Å². The number of nitrogens with zero attached hydrogens (tertiary/aromatic N) is 2. The van der Waals surface area contributed by atoms with E-state index < -0.39 is 0 Å². The number of nitrogens with one attached hydrogen (secondary N) is 1. The van der Waals surface area contributed by atoms with Crippen molar-refractivity contribution in [1.82, 2.24) is 4.98 Å². The molecule has 1 heterocycles. The number of aromatic nitrogens is 1. The second kappa shape index (κ2) is 4.74. The normalized spacial score (nSPS) is 16.2. The van der Waals surface area contributed by atoms with Gasteiger partial charge in [0.1, 0.15) is 0 Å². The minimum Gasteiger partial charge on any atom is -0.314 e. The van der Waals surface area contributed by atoms with Crippen molar-refractivity contribution < 1.29 is 0 Å². The van der Waals surface area contributed by atoms with Crippen molar-refractivity contribution in [3.8, 4) is 11.1 Å². The van der Waals surface area contributed by atoms with Gasteiger partial charge in [0.2, 0.25) is 0 Å². The Hall–Kier alpha value is -2.34. The topological polar surface area (TPSA) is 29.3 Å². The average molecular weight is 249 g/mol. The summed E-state index contributed by atoms with van der Waals surface area (Å²) in [7, 11) is 0. The lowest BCUT2D eigenvalue weighted by Gasteiger charge is -2.31. The fourth-order valence-electron chi connectivity index (χ4n) is 2.34. The van der Waals surface area contributed by atoms with Crippen LogP contribution in [0.25, 0.3) is 16.0 Å². The summed E-state index contributed by atoms with van der Waals surface area (Å²) >= 11 is 0. The Kier molecular flexibility index (Phi) is 2.92. The Balaban J connectivity index is 1.78. The molecule has 3 nitrogen and oxygen atoms in total. The highest BCUT2D eigenvalue weighted by Gasteiger charge is 2.43. The van der Waals surface area contributed by atoms with Crippen molar-refractivity contribution in [2.24, 2.45) is 0 Å². The van der Waals surface area contributed by atoms with Crippen LogP contribution < -0.4 is 5.32 Å². The van der Waals surface area contributed by atoms with Crippen LogP contribution in [0.1, 0.15) is 19.3 Å². The fraction of sp³-hybridized carbons (Fsp3) is 0.250. The summed E-state index contributed by atoms with van der Waals surface area (Å²) in [5.41, 5.74) is 3.00. The molecule has 0 amide bonds. The van der Waals surface area contributed by atoms with E-state index in [9.17, 15) is 0 Å². The first-order valence-electron chi connectivity index (χ1n) is 6.49. The summed E-state index contributed by atoms with van der Waals surface area (Å²) in [6.07, 6.45) is 6.63. The highest BCUT2D eigenvalue weighted by Crippen LogP contribution is 2.36. The monoisotopic (exact) mass is 249 g/mol. The zero-order chi connectivity index (χ0) is 13.1. The summed E-state index contributed by atoms with van der Waals surface area (Å²) in [6, 6.07) is 12.2. The van der Waals surface area contributed by atoms with Gasteiger partial charge in [-0.25, -0.2) is 6.57 Å². The molecule has 0 atom stereocenters. The van der Waals surface area contributed by atoms with Crippen LogP contribution in [0.5, 0.6) is 0 Å². The lowest BCUT2D eigenvalue weighted by Crippen LogP contribution is -2.41. The summed E-state index contributed by atoms with van der Waals surface area (Å²) in [6.45, 7) is 7.29. The minimum absolute atomic E-state index is 0.349. The third-order valence-corrected chi connectivity index (χ3v) is 3.67. The van der Waals surface area contributed by atoms with E-state index in [-0.39, 0.29) is 5.66 Å². The first-order chi connectivity index (χ1) is 9.31. The molecule has 1 fully saturated rings. The van der Waals surface area contributed by atoms with Gasteiger partial charge in [0.05, 0.1) is 0 Å². The first-order valence-corrected chi connectivity index (χ1v) is 6.49. The number of benzene rings is 1. The second-order valence-electron chi connectivity index (χ2n) is 4.94. The molecule has 1 aliphatic rings. The third-order valence-electron chi connectivity index (χ3n) is 3.67. The molecule has 0 aliphatic heterocycles. The van der Waals surface area contributed by atoms with Crippen molar-refractivity contribution in [2.75, 3.05) is 5.32 Å². The van der Waals surface area contributed by atoms with Crippen LogP contribution in [-0.4, -0.2) is 10.6 Å². The Morgan fingerprint density at radius 3 is 2.16 bits per heavy atom. The van der Waals surface area contributed by atoms with Crippen LogP contribution in [0.15, 0.2) is 48.8 Å². The van der Waals surface area contributed by atoms with Crippen LogP contribution in [0.2, 0.25) is 0 Å². The van der Waals surface area contributed by atoms with Gasteiger partial charge in [0.25, 0.3) is 0 Å². The summed E-state index contributed by atoms with van der Waals surface area (Å²) in [4.78, 5) is 7.75. The van der Waals surface area contributed by atoms with Crippen molar-refractivity contribution >= 4 is 5.69 Å². The molecule has 0 saturated heterocycles. The van der Waals surface area contributed by atoms with Crippen LogP contribution in [0.3, 0.4) is 0 Å². The molecule has 94 valence electrons. The van der Waals surface area contributed by atoms with E-state index in [2.05, 4.69) is 27.3 Å². The largest absolute Gasteiger partial charge is 0.314 e. The van der Waals surface area contributed by atoms with Crippen LogP contribution in [-0.2, 0) is 0 Å². The van der Waals surface area contributed by atoms with Gasteiger partial charge in [-0.1, -0.05) is 12.1 Å². The predicted octanol–water partition coefficient (Wildman–Crippen LogP) is 3.96. The van der Waals surface area contributed by atoms with Crippen LogP contribution in [0.4, 0.5) is 5.69 Å². The predicted molar refractivity (Wildman–Crippen MR) is 76.5 cm³/mol. The summed E-state index contributed by atoms with van der Waals surface area (Å²) < 4.78 is 0. The minimum atomic E-state index is -0.349. The van der Waals surface area contributed by atoms with E-state index in [4.69, 9.17) is 6.57 Å². The summed E-state index contributed by atoms with van der Waals surface area (Å²) in [5, 5.41) is 3.35. The van der Waals surface area contributed by atoms with Gasteiger partial charge in [0.15, 0.2) is 0 Å². The lowest BCUT2D eigenvalue weighted by atomic mass is 9.85. The zero-order valence-electron chi connectivity index (χ0n) is 10.6. The number of anilines is 1. The molecule has 1 N–H and O–H groups in total. The van der Waals surface area contributed by atoms with Crippen molar-refractivity contribution in [2.45, 2.75) is 24.9 Å². The third kappa shape index (κ3) is 2.30. The van der Waals surface area contributed by atoms with Gasteiger partial charge in [0, 0.05) is 30.9 Å². The molecular formula is C16H15N3. The fourth-order valence-corrected chi connectivity index (χ4v) is 2.34. The number of hydrogen-bond donors (Lipinski definition) is 1. The average Bonchev–Trinajstić information content (AvgIpc) is 2.45. The molecule has 0 unspecified atom stereocenters. The second-order valence-corrected chi connectivity index (χ2v) is 4.94. The van der Waals surface area contributed by atoms with Crippen molar-refractivity contribution in [3.63, 3.8) is 0 Å². The maximum atomic E-state index is 7.29. The number of pyridine rings is 1. The lowest BCUT2D eigenvalue weighted by molar-refractivity contribution is 0.343. The Morgan fingerprint density at radius 2 is 1.63 bits per heavy atom. The molecule has 3 heteroatoms. The number of hydrogen-bond acceptors (Lipinski definition) is 2. The van der Waals surface area contributed by atoms with Gasteiger partial charge >= 0.3 is 5.66 Å². The molecule has 1 aliphatic carbocycles. The molecule has 1 aromatic heterocycles. The van der Waals surface area contributed by atoms with Crippen LogP contribution in [0, 0.1) is 6.57 Å². The van der Waals surface area contributed by atoms with E-state index in [1.54, 1.807) is 12.4 Å². The number of rotatable bonds is 3. The maximum absolute atomic E-state index is 7.29. The van der Waals surface area contributed by atoms with Gasteiger partial charge in [-0.3, -0.25) is 9.83 Å². The Labute approximate surface area is 113 Å². The van der Waals surface area contributed by atoms with Gasteiger partial charge in [-0.2, -0.15) is 0 Å². The highest BCUT2D eigenvalue weighted by atomic mass is 15.1. The zero-order valence-corrected chi connectivity index (χ0v) is 10.6. The molecule has 0 spiro atoms. The molecule has 2 aromatic rings.